The number of hydrogen-bond donors (Lipinski definition) is 2. The van der Waals surface area contributed by atoms with Crippen molar-refractivity contribution in [3.8, 4) is 0 Å². The third-order valence-corrected chi connectivity index (χ3v) is 8.41. The lowest BCUT2D eigenvalue weighted by Gasteiger charge is -2.51. The Balaban J connectivity index is 1.21. The second-order valence-electron chi connectivity index (χ2n) is 11.7. The second-order valence-corrected chi connectivity index (χ2v) is 11.7. The van der Waals surface area contributed by atoms with Gasteiger partial charge in [0.2, 0.25) is 11.8 Å². The summed E-state index contributed by atoms with van der Waals surface area (Å²) >= 11 is 0. The smallest absolute Gasteiger partial charge is 0.407 e. The van der Waals surface area contributed by atoms with Gasteiger partial charge < -0.3 is 30.1 Å². The minimum Gasteiger partial charge on any atom is -0.445 e. The van der Waals surface area contributed by atoms with Crippen molar-refractivity contribution in [2.75, 3.05) is 45.2 Å². The average Bonchev–Trinajstić information content (AvgIpc) is 3.02. The number of amides is 3. The number of ether oxygens (including phenoxy) is 1. The lowest BCUT2D eigenvalue weighted by atomic mass is 9.81. The summed E-state index contributed by atoms with van der Waals surface area (Å²) in [6.45, 7) is 4.77. The molecule has 9 nitrogen and oxygen atoms in total. The number of nitrogens with zero attached hydrogens (tertiary/aromatic N) is 3. The van der Waals surface area contributed by atoms with Crippen LogP contribution >= 0.6 is 0 Å². The van der Waals surface area contributed by atoms with E-state index in [1.807, 2.05) is 56.3 Å². The van der Waals surface area contributed by atoms with E-state index in [2.05, 4.69) is 57.0 Å². The summed E-state index contributed by atoms with van der Waals surface area (Å²) in [4.78, 5) is 45.3. The lowest BCUT2D eigenvalue weighted by molar-refractivity contribution is -0.161. The molecule has 2 N–H and O–H groups in total. The molecule has 2 aromatic carbocycles. The minimum atomic E-state index is -0.778. The van der Waals surface area contributed by atoms with E-state index in [1.165, 1.54) is 11.3 Å². The van der Waals surface area contributed by atoms with Gasteiger partial charge in [-0.15, -0.1) is 0 Å². The fourth-order valence-corrected chi connectivity index (χ4v) is 5.87. The van der Waals surface area contributed by atoms with Crippen LogP contribution in [0.15, 0.2) is 66.9 Å². The zero-order chi connectivity index (χ0) is 30.7. The molecule has 0 aliphatic carbocycles. The summed E-state index contributed by atoms with van der Waals surface area (Å²) in [5.74, 6) is -0.0142. The van der Waals surface area contributed by atoms with Gasteiger partial charge in [0, 0.05) is 46.0 Å². The molecule has 43 heavy (non-hydrogen) atoms. The van der Waals surface area contributed by atoms with Crippen LogP contribution in [0.4, 0.5) is 10.5 Å². The summed E-state index contributed by atoms with van der Waals surface area (Å²) in [5, 5.41) is 5.83. The molecule has 232 valence electrons. The van der Waals surface area contributed by atoms with Crippen LogP contribution in [0.2, 0.25) is 0 Å². The van der Waals surface area contributed by atoms with Crippen molar-refractivity contribution in [2.24, 2.45) is 0 Å². The second kappa shape index (κ2) is 15.5. The number of benzene rings is 2. The van der Waals surface area contributed by atoms with Crippen molar-refractivity contribution in [1.82, 2.24) is 20.4 Å². The molecular formula is C34H47N5O4. The molecular weight excluding hydrogens is 542 g/mol. The van der Waals surface area contributed by atoms with Crippen molar-refractivity contribution in [3.05, 3.63) is 78.0 Å². The van der Waals surface area contributed by atoms with Gasteiger partial charge in [0.1, 0.15) is 18.2 Å². The summed E-state index contributed by atoms with van der Waals surface area (Å²) in [5.41, 5.74) is 2.59. The first-order chi connectivity index (χ1) is 20.8. The Kier molecular flexibility index (Phi) is 11.5. The van der Waals surface area contributed by atoms with Crippen LogP contribution in [-0.4, -0.2) is 79.6 Å². The highest BCUT2D eigenvalue weighted by atomic mass is 16.5. The highest BCUT2D eigenvalue weighted by Crippen LogP contribution is 2.34. The molecule has 4 rings (SSSR count). The number of unbranched alkanes of at least 4 members (excludes halogenated alkanes) is 1. The van der Waals surface area contributed by atoms with Gasteiger partial charge in [-0.1, -0.05) is 55.5 Å². The Hall–Kier alpha value is -4.01. The van der Waals surface area contributed by atoms with Crippen LogP contribution in [0.5, 0.6) is 0 Å². The van der Waals surface area contributed by atoms with Crippen molar-refractivity contribution >= 4 is 23.6 Å². The first-order valence-corrected chi connectivity index (χ1v) is 15.6. The monoisotopic (exact) mass is 589 g/mol. The number of hydrogen-bond acceptors (Lipinski definition) is 6. The molecule has 2 aromatic rings. The predicted octanol–water partition coefficient (Wildman–Crippen LogP) is 4.48. The SMILES string of the molecule is CCCN1C(=O)[C@H](CCCCNC(=O)OCc2ccccc2)NC(=O)C12CCN(C=CCc1ccc(N(C)C)cc1)CC2. The molecule has 2 fully saturated rings. The topological polar surface area (TPSA) is 94.2 Å². The van der Waals surface area contributed by atoms with E-state index in [1.54, 1.807) is 0 Å². The number of anilines is 1. The number of alkyl carbamates (subject to hydrolysis) is 1. The van der Waals surface area contributed by atoms with Gasteiger partial charge in [-0.2, -0.15) is 0 Å². The fraction of sp³-hybridized carbons (Fsp3) is 0.500. The van der Waals surface area contributed by atoms with Gasteiger partial charge >= 0.3 is 6.09 Å². The number of allylic oxidation sites excluding steroid dienone is 1. The molecule has 9 heteroatoms. The van der Waals surface area contributed by atoms with Gasteiger partial charge in [0.15, 0.2) is 0 Å². The molecule has 2 heterocycles. The minimum absolute atomic E-state index is 0.0156. The van der Waals surface area contributed by atoms with Gasteiger partial charge in [-0.05, 0) is 74.4 Å². The van der Waals surface area contributed by atoms with Crippen LogP contribution in [0.25, 0.3) is 0 Å². The molecule has 1 atom stereocenters. The van der Waals surface area contributed by atoms with E-state index in [0.29, 0.717) is 45.2 Å². The maximum absolute atomic E-state index is 13.6. The fourth-order valence-electron chi connectivity index (χ4n) is 5.87. The highest BCUT2D eigenvalue weighted by Gasteiger charge is 2.52. The first kappa shape index (κ1) is 31.9. The Morgan fingerprint density at radius 3 is 2.44 bits per heavy atom. The van der Waals surface area contributed by atoms with E-state index in [-0.39, 0.29) is 18.4 Å². The summed E-state index contributed by atoms with van der Waals surface area (Å²) < 4.78 is 5.24. The molecule has 2 saturated heterocycles. The van der Waals surface area contributed by atoms with Crippen LogP contribution in [0, 0.1) is 0 Å². The number of nitrogens with one attached hydrogen (secondary N) is 2. The van der Waals surface area contributed by atoms with Gasteiger partial charge in [-0.25, -0.2) is 4.79 Å². The third-order valence-electron chi connectivity index (χ3n) is 8.41. The molecule has 3 amide bonds. The van der Waals surface area contributed by atoms with E-state index in [9.17, 15) is 14.4 Å². The normalized spacial score (nSPS) is 18.2. The van der Waals surface area contributed by atoms with Crippen LogP contribution < -0.4 is 15.5 Å². The average molecular weight is 590 g/mol. The maximum Gasteiger partial charge on any atom is 0.407 e. The zero-order valence-electron chi connectivity index (χ0n) is 25.9. The lowest BCUT2D eigenvalue weighted by Crippen LogP contribution is -2.72. The van der Waals surface area contributed by atoms with E-state index in [4.69, 9.17) is 4.74 Å². The Labute approximate surface area is 256 Å². The largest absolute Gasteiger partial charge is 0.445 e. The van der Waals surface area contributed by atoms with E-state index >= 15 is 0 Å². The quantitative estimate of drug-likeness (QED) is 0.335. The Bertz CT molecular complexity index is 1220. The molecule has 0 radical (unpaired) electrons. The standard InChI is InChI=1S/C34H47N5O4/c1-4-22-39-31(40)30(14-8-9-21-35-33(42)43-26-28-11-6-5-7-12-28)36-32(41)34(39)19-24-38(25-20-34)23-10-13-27-15-17-29(18-16-27)37(2)3/h5-7,10-12,15-18,23,30H,4,8-9,13-14,19-22,24-26H2,1-3H3,(H,35,42)(H,36,41)/t30-/m0/s1. The van der Waals surface area contributed by atoms with E-state index in [0.717, 1.165) is 31.5 Å². The number of carbonyl (C=O) groups excluding carboxylic acids is 3. The van der Waals surface area contributed by atoms with Crippen molar-refractivity contribution < 1.29 is 19.1 Å². The molecule has 2 aliphatic heterocycles. The number of rotatable bonds is 13. The van der Waals surface area contributed by atoms with Gasteiger partial charge in [-0.3, -0.25) is 9.59 Å². The predicted molar refractivity (Wildman–Crippen MR) is 170 cm³/mol. The van der Waals surface area contributed by atoms with Crippen molar-refractivity contribution in [2.45, 2.75) is 70.1 Å². The zero-order valence-corrected chi connectivity index (χ0v) is 25.9. The molecule has 0 bridgehead atoms. The number of piperidine rings is 1. The van der Waals surface area contributed by atoms with Crippen molar-refractivity contribution in [1.29, 1.82) is 0 Å². The maximum atomic E-state index is 13.6. The third kappa shape index (κ3) is 8.52. The first-order valence-electron chi connectivity index (χ1n) is 15.6. The number of likely N-dealkylation sites (tertiary alicyclic amines) is 1. The summed E-state index contributed by atoms with van der Waals surface area (Å²) in [7, 11) is 4.07. The Morgan fingerprint density at radius 1 is 1.05 bits per heavy atom. The molecule has 0 unspecified atom stereocenters. The van der Waals surface area contributed by atoms with Crippen LogP contribution in [0.3, 0.4) is 0 Å². The molecule has 1 spiro atoms. The molecule has 0 saturated carbocycles. The molecule has 2 aliphatic rings. The summed E-state index contributed by atoms with van der Waals surface area (Å²) in [6.07, 6.45) is 8.69. The van der Waals surface area contributed by atoms with Crippen molar-refractivity contribution in [3.63, 3.8) is 0 Å². The van der Waals surface area contributed by atoms with Crippen LogP contribution in [-0.2, 0) is 27.4 Å². The van der Waals surface area contributed by atoms with Gasteiger partial charge in [0.05, 0.1) is 0 Å². The Morgan fingerprint density at radius 2 is 1.77 bits per heavy atom. The summed E-state index contributed by atoms with van der Waals surface area (Å²) in [6, 6.07) is 17.6. The van der Waals surface area contributed by atoms with Gasteiger partial charge in [0.25, 0.3) is 0 Å². The van der Waals surface area contributed by atoms with E-state index < -0.39 is 17.7 Å². The number of carbonyl (C=O) groups is 3. The highest BCUT2D eigenvalue weighted by molar-refractivity contribution is 6.00. The van der Waals surface area contributed by atoms with Crippen LogP contribution in [0.1, 0.15) is 56.6 Å². The molecule has 0 aromatic heterocycles. The number of piperazine rings is 1.